The van der Waals surface area contributed by atoms with E-state index in [-0.39, 0.29) is 12.5 Å². The molecule has 0 spiro atoms. The third-order valence-electron chi connectivity index (χ3n) is 4.89. The molecule has 3 heteroatoms. The minimum Gasteiger partial charge on any atom is -0.392 e. The van der Waals surface area contributed by atoms with Gasteiger partial charge >= 0.3 is 0 Å². The zero-order chi connectivity index (χ0) is 18.6. The van der Waals surface area contributed by atoms with Crippen LogP contribution in [0.3, 0.4) is 0 Å². The van der Waals surface area contributed by atoms with Gasteiger partial charge in [-0.3, -0.25) is 4.79 Å². The van der Waals surface area contributed by atoms with Crippen molar-refractivity contribution in [2.75, 3.05) is 5.32 Å². The summed E-state index contributed by atoms with van der Waals surface area (Å²) < 4.78 is 0. The van der Waals surface area contributed by atoms with E-state index in [0.717, 1.165) is 33.0 Å². The van der Waals surface area contributed by atoms with Crippen molar-refractivity contribution in [3.63, 3.8) is 0 Å². The molecular weight excluding hydrogens is 334 g/mol. The maximum Gasteiger partial charge on any atom is 0.224 e. The van der Waals surface area contributed by atoms with Crippen molar-refractivity contribution in [3.05, 3.63) is 90.0 Å². The van der Waals surface area contributed by atoms with Crippen LogP contribution >= 0.6 is 0 Å². The zero-order valence-corrected chi connectivity index (χ0v) is 15.0. The van der Waals surface area contributed by atoms with Crippen LogP contribution in [-0.4, -0.2) is 11.0 Å². The fourth-order valence-corrected chi connectivity index (χ4v) is 3.44. The number of anilines is 1. The molecule has 0 fully saturated rings. The van der Waals surface area contributed by atoms with E-state index in [0.29, 0.717) is 12.8 Å². The Morgan fingerprint density at radius 2 is 1.41 bits per heavy atom. The molecule has 27 heavy (non-hydrogen) atoms. The highest BCUT2D eigenvalue weighted by Gasteiger charge is 2.09. The molecule has 0 saturated heterocycles. The minimum absolute atomic E-state index is 0.00155. The van der Waals surface area contributed by atoms with Crippen LogP contribution in [0, 0.1) is 0 Å². The number of aliphatic hydroxyl groups is 1. The number of carbonyl (C=O) groups excluding carboxylic acids is 1. The second kappa shape index (κ2) is 7.60. The van der Waals surface area contributed by atoms with Crippen molar-refractivity contribution in [2.24, 2.45) is 0 Å². The van der Waals surface area contributed by atoms with Gasteiger partial charge in [0, 0.05) is 17.5 Å². The lowest BCUT2D eigenvalue weighted by atomic mass is 10.00. The molecule has 0 radical (unpaired) electrons. The Labute approximate surface area is 158 Å². The van der Waals surface area contributed by atoms with Gasteiger partial charge in [-0.2, -0.15) is 0 Å². The number of hydrogen-bond donors (Lipinski definition) is 2. The Kier molecular flexibility index (Phi) is 4.86. The quantitative estimate of drug-likeness (QED) is 0.492. The molecule has 0 saturated carbocycles. The fourth-order valence-electron chi connectivity index (χ4n) is 3.44. The molecule has 2 N–H and O–H groups in total. The average Bonchev–Trinajstić information content (AvgIpc) is 2.73. The summed E-state index contributed by atoms with van der Waals surface area (Å²) in [6, 6.07) is 26.1. The number of benzene rings is 4. The first-order chi connectivity index (χ1) is 13.2. The van der Waals surface area contributed by atoms with Gasteiger partial charge in [0.2, 0.25) is 5.91 Å². The summed E-state index contributed by atoms with van der Waals surface area (Å²) in [5, 5.41) is 16.7. The van der Waals surface area contributed by atoms with Gasteiger partial charge in [-0.15, -0.1) is 0 Å². The highest BCUT2D eigenvalue weighted by Crippen LogP contribution is 2.31. The van der Waals surface area contributed by atoms with Crippen LogP contribution in [0.25, 0.3) is 21.5 Å². The lowest BCUT2D eigenvalue weighted by Gasteiger charge is -2.12. The number of nitrogens with one attached hydrogen (secondary N) is 1. The number of fused-ring (bicyclic) bond motifs is 3. The van der Waals surface area contributed by atoms with Gasteiger partial charge in [0.25, 0.3) is 0 Å². The summed E-state index contributed by atoms with van der Waals surface area (Å²) in [4.78, 5) is 12.5. The average molecular weight is 355 g/mol. The van der Waals surface area contributed by atoms with E-state index in [9.17, 15) is 4.79 Å². The Morgan fingerprint density at radius 1 is 0.778 bits per heavy atom. The Balaban J connectivity index is 1.55. The Morgan fingerprint density at radius 3 is 2.15 bits per heavy atom. The predicted molar refractivity (Wildman–Crippen MR) is 111 cm³/mol. The molecule has 0 bridgehead atoms. The molecule has 4 aromatic carbocycles. The van der Waals surface area contributed by atoms with Crippen molar-refractivity contribution < 1.29 is 9.90 Å². The molecule has 3 nitrogen and oxygen atoms in total. The van der Waals surface area contributed by atoms with Crippen LogP contribution in [0.5, 0.6) is 0 Å². The highest BCUT2D eigenvalue weighted by molar-refractivity contribution is 6.15. The number of hydrogen-bond acceptors (Lipinski definition) is 2. The number of amides is 1. The van der Waals surface area contributed by atoms with E-state index in [1.54, 1.807) is 0 Å². The molecule has 1 amide bonds. The summed E-state index contributed by atoms with van der Waals surface area (Å²) in [5.41, 5.74) is 2.82. The van der Waals surface area contributed by atoms with Gasteiger partial charge in [-0.25, -0.2) is 0 Å². The largest absolute Gasteiger partial charge is 0.392 e. The Bertz CT molecular complexity index is 1100. The van der Waals surface area contributed by atoms with E-state index in [1.807, 2.05) is 60.7 Å². The molecular formula is C24H21NO2. The monoisotopic (exact) mass is 355 g/mol. The van der Waals surface area contributed by atoms with Gasteiger partial charge < -0.3 is 10.4 Å². The van der Waals surface area contributed by atoms with Gasteiger partial charge in [-0.1, -0.05) is 72.8 Å². The lowest BCUT2D eigenvalue weighted by molar-refractivity contribution is -0.116. The normalized spacial score (nSPS) is 11.0. The van der Waals surface area contributed by atoms with Crippen LogP contribution in [0.4, 0.5) is 5.69 Å². The van der Waals surface area contributed by atoms with Crippen molar-refractivity contribution >= 4 is 33.1 Å². The first-order valence-electron chi connectivity index (χ1n) is 9.13. The molecule has 0 aliphatic rings. The Hall–Kier alpha value is -3.17. The van der Waals surface area contributed by atoms with Gasteiger partial charge in [0.05, 0.1) is 6.61 Å². The predicted octanol–water partition coefficient (Wildman–Crippen LogP) is 5.06. The number of aliphatic hydroxyl groups excluding tert-OH is 1. The van der Waals surface area contributed by atoms with Gasteiger partial charge in [-0.05, 0) is 39.8 Å². The maximum atomic E-state index is 12.5. The molecule has 0 aliphatic heterocycles. The standard InChI is InChI=1S/C24H21NO2/c26-16-18-11-9-17(10-12-18)13-14-24(27)25-23-15-19-5-1-2-6-20(19)21-7-3-4-8-22(21)23/h1-12,15,26H,13-14,16H2,(H,25,27). The molecule has 4 rings (SSSR count). The second-order valence-corrected chi connectivity index (χ2v) is 6.71. The summed E-state index contributed by atoms with van der Waals surface area (Å²) in [6.07, 6.45) is 1.09. The summed E-state index contributed by atoms with van der Waals surface area (Å²) in [7, 11) is 0. The molecule has 134 valence electrons. The molecule has 0 atom stereocenters. The first kappa shape index (κ1) is 17.3. The number of aryl methyl sites for hydroxylation is 1. The van der Waals surface area contributed by atoms with Crippen LogP contribution in [-0.2, 0) is 17.8 Å². The smallest absolute Gasteiger partial charge is 0.224 e. The minimum atomic E-state index is 0.00155. The summed E-state index contributed by atoms with van der Waals surface area (Å²) in [5.74, 6) is 0.00155. The van der Waals surface area contributed by atoms with Crippen molar-refractivity contribution in [2.45, 2.75) is 19.4 Å². The van der Waals surface area contributed by atoms with Crippen molar-refractivity contribution in [1.29, 1.82) is 0 Å². The van der Waals surface area contributed by atoms with Gasteiger partial charge in [0.15, 0.2) is 0 Å². The summed E-state index contributed by atoms with van der Waals surface area (Å²) >= 11 is 0. The fraction of sp³-hybridized carbons (Fsp3) is 0.125. The van der Waals surface area contributed by atoms with E-state index in [2.05, 4.69) is 23.5 Å². The van der Waals surface area contributed by atoms with E-state index < -0.39 is 0 Å². The molecule has 4 aromatic rings. The third kappa shape index (κ3) is 3.69. The van der Waals surface area contributed by atoms with E-state index in [1.165, 1.54) is 5.39 Å². The van der Waals surface area contributed by atoms with Crippen LogP contribution in [0.15, 0.2) is 78.9 Å². The molecule has 0 unspecified atom stereocenters. The molecule has 0 aliphatic carbocycles. The maximum absolute atomic E-state index is 12.5. The third-order valence-corrected chi connectivity index (χ3v) is 4.89. The molecule has 0 aromatic heterocycles. The van der Waals surface area contributed by atoms with E-state index in [4.69, 9.17) is 5.11 Å². The number of rotatable bonds is 5. The lowest BCUT2D eigenvalue weighted by Crippen LogP contribution is -2.12. The second-order valence-electron chi connectivity index (χ2n) is 6.71. The van der Waals surface area contributed by atoms with Gasteiger partial charge in [0.1, 0.15) is 0 Å². The zero-order valence-electron chi connectivity index (χ0n) is 15.0. The topological polar surface area (TPSA) is 49.3 Å². The first-order valence-corrected chi connectivity index (χ1v) is 9.13. The SMILES string of the molecule is O=C(CCc1ccc(CO)cc1)Nc1cc2ccccc2c2ccccc12. The highest BCUT2D eigenvalue weighted by atomic mass is 16.3. The van der Waals surface area contributed by atoms with Crippen molar-refractivity contribution in [1.82, 2.24) is 0 Å². The van der Waals surface area contributed by atoms with Crippen LogP contribution < -0.4 is 5.32 Å². The summed E-state index contributed by atoms with van der Waals surface area (Å²) in [6.45, 7) is 0.0375. The molecule has 0 heterocycles. The van der Waals surface area contributed by atoms with Crippen molar-refractivity contribution in [3.8, 4) is 0 Å². The number of carbonyl (C=O) groups is 1. The van der Waals surface area contributed by atoms with Crippen LogP contribution in [0.2, 0.25) is 0 Å². The van der Waals surface area contributed by atoms with E-state index >= 15 is 0 Å². The van der Waals surface area contributed by atoms with Crippen LogP contribution in [0.1, 0.15) is 17.5 Å².